The SMILES string of the molecule is CC1CCCC(Nc2c(C#N)c(=O)n(C)c(=O)n2C)CC1. The van der Waals surface area contributed by atoms with Crippen molar-refractivity contribution in [1.82, 2.24) is 9.13 Å². The van der Waals surface area contributed by atoms with Gasteiger partial charge in [-0.25, -0.2) is 4.79 Å². The smallest absolute Gasteiger partial charge is 0.332 e. The van der Waals surface area contributed by atoms with E-state index in [2.05, 4.69) is 12.2 Å². The van der Waals surface area contributed by atoms with Crippen molar-refractivity contribution in [2.75, 3.05) is 5.32 Å². The maximum atomic E-state index is 12.0. The van der Waals surface area contributed by atoms with Gasteiger partial charge >= 0.3 is 5.69 Å². The molecule has 2 unspecified atom stereocenters. The largest absolute Gasteiger partial charge is 0.367 e. The summed E-state index contributed by atoms with van der Waals surface area (Å²) in [7, 11) is 2.98. The van der Waals surface area contributed by atoms with Crippen molar-refractivity contribution in [2.45, 2.75) is 45.1 Å². The molecule has 1 heterocycles. The van der Waals surface area contributed by atoms with Crippen molar-refractivity contribution in [1.29, 1.82) is 5.26 Å². The number of aromatic nitrogens is 2. The van der Waals surface area contributed by atoms with Crippen molar-refractivity contribution in [3.63, 3.8) is 0 Å². The zero-order chi connectivity index (χ0) is 15.6. The lowest BCUT2D eigenvalue weighted by molar-refractivity contribution is 0.501. The Balaban J connectivity index is 2.38. The van der Waals surface area contributed by atoms with E-state index in [9.17, 15) is 14.9 Å². The summed E-state index contributed by atoms with van der Waals surface area (Å²) in [6.45, 7) is 2.25. The molecule has 0 saturated heterocycles. The predicted octanol–water partition coefficient (Wildman–Crippen LogP) is 1.34. The molecular formula is C15H22N4O2. The van der Waals surface area contributed by atoms with Gasteiger partial charge in [-0.05, 0) is 25.2 Å². The van der Waals surface area contributed by atoms with E-state index in [1.165, 1.54) is 18.0 Å². The molecule has 1 saturated carbocycles. The summed E-state index contributed by atoms with van der Waals surface area (Å²) < 4.78 is 2.33. The minimum Gasteiger partial charge on any atom is -0.367 e. The zero-order valence-corrected chi connectivity index (χ0v) is 12.8. The molecule has 0 aromatic carbocycles. The maximum absolute atomic E-state index is 12.0. The summed E-state index contributed by atoms with van der Waals surface area (Å²) in [4.78, 5) is 24.1. The number of nitrogens with zero attached hydrogens (tertiary/aromatic N) is 3. The van der Waals surface area contributed by atoms with E-state index in [0.717, 1.165) is 30.3 Å². The average Bonchev–Trinajstić information content (AvgIpc) is 2.67. The molecule has 21 heavy (non-hydrogen) atoms. The van der Waals surface area contributed by atoms with E-state index in [1.54, 1.807) is 7.05 Å². The molecule has 2 atom stereocenters. The van der Waals surface area contributed by atoms with Gasteiger partial charge in [-0.15, -0.1) is 0 Å². The summed E-state index contributed by atoms with van der Waals surface area (Å²) in [5, 5.41) is 12.5. The van der Waals surface area contributed by atoms with E-state index in [1.807, 2.05) is 6.07 Å². The quantitative estimate of drug-likeness (QED) is 0.833. The van der Waals surface area contributed by atoms with Gasteiger partial charge in [0.2, 0.25) is 0 Å². The Hall–Kier alpha value is -2.03. The van der Waals surface area contributed by atoms with Crippen LogP contribution < -0.4 is 16.6 Å². The molecular weight excluding hydrogens is 268 g/mol. The third-order valence-corrected chi connectivity index (χ3v) is 4.37. The highest BCUT2D eigenvalue weighted by atomic mass is 16.2. The molecule has 6 heteroatoms. The topological polar surface area (TPSA) is 79.8 Å². The number of anilines is 1. The van der Waals surface area contributed by atoms with Crippen molar-refractivity contribution >= 4 is 5.82 Å². The highest BCUT2D eigenvalue weighted by molar-refractivity contribution is 5.51. The van der Waals surface area contributed by atoms with Crippen molar-refractivity contribution in [3.8, 4) is 6.07 Å². The van der Waals surface area contributed by atoms with Crippen molar-refractivity contribution < 1.29 is 0 Å². The second kappa shape index (κ2) is 6.17. The van der Waals surface area contributed by atoms with Gasteiger partial charge in [0, 0.05) is 20.1 Å². The first kappa shape index (κ1) is 15.4. The minimum absolute atomic E-state index is 0.0110. The van der Waals surface area contributed by atoms with Crippen LogP contribution in [0.2, 0.25) is 0 Å². The third kappa shape index (κ3) is 3.02. The first-order valence-electron chi connectivity index (χ1n) is 7.42. The van der Waals surface area contributed by atoms with E-state index in [0.29, 0.717) is 11.7 Å². The lowest BCUT2D eigenvalue weighted by Crippen LogP contribution is -2.40. The van der Waals surface area contributed by atoms with Crippen molar-refractivity contribution in [3.05, 3.63) is 26.4 Å². The maximum Gasteiger partial charge on any atom is 0.332 e. The molecule has 1 N–H and O–H groups in total. The molecule has 1 aliphatic rings. The van der Waals surface area contributed by atoms with Crippen molar-refractivity contribution in [2.24, 2.45) is 20.0 Å². The normalized spacial score (nSPS) is 22.4. The van der Waals surface area contributed by atoms with Crippen LogP contribution in [0.5, 0.6) is 0 Å². The summed E-state index contributed by atoms with van der Waals surface area (Å²) in [6, 6.07) is 2.14. The zero-order valence-electron chi connectivity index (χ0n) is 12.8. The molecule has 1 aliphatic carbocycles. The predicted molar refractivity (Wildman–Crippen MR) is 81.3 cm³/mol. The lowest BCUT2D eigenvalue weighted by atomic mass is 10.0. The monoisotopic (exact) mass is 290 g/mol. The van der Waals surface area contributed by atoms with E-state index >= 15 is 0 Å². The fraction of sp³-hybridized carbons (Fsp3) is 0.667. The molecule has 0 spiro atoms. The fourth-order valence-electron chi connectivity index (χ4n) is 2.94. The molecule has 2 rings (SSSR count). The van der Waals surface area contributed by atoms with Gasteiger partial charge in [-0.3, -0.25) is 13.9 Å². The highest BCUT2D eigenvalue weighted by Crippen LogP contribution is 2.25. The molecule has 0 amide bonds. The Morgan fingerprint density at radius 3 is 2.52 bits per heavy atom. The molecule has 0 aliphatic heterocycles. The van der Waals surface area contributed by atoms with Crippen LogP contribution in [0.25, 0.3) is 0 Å². The molecule has 6 nitrogen and oxygen atoms in total. The molecule has 0 bridgehead atoms. The van der Waals surface area contributed by atoms with Gasteiger partial charge in [-0.1, -0.05) is 19.8 Å². The second-order valence-electron chi connectivity index (χ2n) is 6.00. The van der Waals surface area contributed by atoms with Crippen LogP contribution >= 0.6 is 0 Å². The van der Waals surface area contributed by atoms with Gasteiger partial charge in [0.1, 0.15) is 11.9 Å². The van der Waals surface area contributed by atoms with Gasteiger partial charge in [0.15, 0.2) is 5.56 Å². The van der Waals surface area contributed by atoms with E-state index < -0.39 is 11.2 Å². The van der Waals surface area contributed by atoms with Gasteiger partial charge < -0.3 is 5.32 Å². The molecule has 1 fully saturated rings. The lowest BCUT2D eigenvalue weighted by Gasteiger charge is -2.20. The Morgan fingerprint density at radius 2 is 1.86 bits per heavy atom. The summed E-state index contributed by atoms with van der Waals surface area (Å²) in [6.07, 6.45) is 5.45. The van der Waals surface area contributed by atoms with E-state index in [-0.39, 0.29) is 11.6 Å². The standard InChI is InChI=1S/C15H22N4O2/c1-10-5-4-6-11(8-7-10)17-13-12(9-16)14(20)19(3)15(21)18(13)2/h10-11,17H,4-8H2,1-3H3. The fourth-order valence-corrected chi connectivity index (χ4v) is 2.94. The Labute approximate surface area is 124 Å². The van der Waals surface area contributed by atoms with Crippen LogP contribution in [0.1, 0.15) is 44.6 Å². The number of nitriles is 1. The summed E-state index contributed by atoms with van der Waals surface area (Å²) in [5.41, 5.74) is -0.939. The molecule has 0 radical (unpaired) electrons. The van der Waals surface area contributed by atoms with Crippen LogP contribution in [-0.4, -0.2) is 15.2 Å². The van der Waals surface area contributed by atoms with Crippen LogP contribution in [0.15, 0.2) is 9.59 Å². The van der Waals surface area contributed by atoms with Gasteiger partial charge in [0.05, 0.1) is 0 Å². The molecule has 1 aromatic heterocycles. The first-order chi connectivity index (χ1) is 9.95. The number of rotatable bonds is 2. The van der Waals surface area contributed by atoms with Gasteiger partial charge in [-0.2, -0.15) is 5.26 Å². The van der Waals surface area contributed by atoms with Crippen LogP contribution in [-0.2, 0) is 14.1 Å². The summed E-state index contributed by atoms with van der Waals surface area (Å²) in [5.74, 6) is 1.06. The highest BCUT2D eigenvalue weighted by Gasteiger charge is 2.21. The second-order valence-corrected chi connectivity index (χ2v) is 6.00. The van der Waals surface area contributed by atoms with Crippen LogP contribution in [0.4, 0.5) is 5.82 Å². The van der Waals surface area contributed by atoms with E-state index in [4.69, 9.17) is 0 Å². The number of hydrogen-bond donors (Lipinski definition) is 1. The molecule has 1 aromatic rings. The minimum atomic E-state index is -0.537. The Bertz CT molecular complexity index is 681. The van der Waals surface area contributed by atoms with Crippen LogP contribution in [0, 0.1) is 17.2 Å². The Morgan fingerprint density at radius 1 is 1.14 bits per heavy atom. The van der Waals surface area contributed by atoms with Gasteiger partial charge in [0.25, 0.3) is 5.56 Å². The molecule has 114 valence electrons. The number of nitrogens with one attached hydrogen (secondary N) is 1. The Kier molecular flexibility index (Phi) is 4.51. The van der Waals surface area contributed by atoms with Crippen LogP contribution in [0.3, 0.4) is 0 Å². The first-order valence-corrected chi connectivity index (χ1v) is 7.42. The third-order valence-electron chi connectivity index (χ3n) is 4.37. The number of hydrogen-bond acceptors (Lipinski definition) is 4. The summed E-state index contributed by atoms with van der Waals surface area (Å²) >= 11 is 0. The average molecular weight is 290 g/mol.